The zero-order valence-electron chi connectivity index (χ0n) is 19.4. The van der Waals surface area contributed by atoms with Gasteiger partial charge in [0.15, 0.2) is 17.3 Å². The van der Waals surface area contributed by atoms with Crippen LogP contribution in [0.4, 0.5) is 4.39 Å². The SMILES string of the molecule is COc1ccc(-c2nc(-c3ccc(F)cc3)c(-c3ccccc3)c(-c3ccc4c(c3)OCO4)n2)cc1. The van der Waals surface area contributed by atoms with Gasteiger partial charge in [-0.2, -0.15) is 0 Å². The molecule has 2 heterocycles. The van der Waals surface area contributed by atoms with Gasteiger partial charge in [0.1, 0.15) is 11.6 Å². The summed E-state index contributed by atoms with van der Waals surface area (Å²) in [6.07, 6.45) is 0. The van der Waals surface area contributed by atoms with Crippen molar-refractivity contribution < 1.29 is 18.6 Å². The fourth-order valence-electron chi connectivity index (χ4n) is 4.28. The van der Waals surface area contributed by atoms with Crippen LogP contribution in [0.25, 0.3) is 45.0 Å². The van der Waals surface area contributed by atoms with Gasteiger partial charge >= 0.3 is 0 Å². The molecular formula is C30H21FN2O3. The fraction of sp³-hybridized carbons (Fsp3) is 0.0667. The van der Waals surface area contributed by atoms with E-state index in [0.29, 0.717) is 23.0 Å². The van der Waals surface area contributed by atoms with Crippen molar-refractivity contribution in [3.05, 3.63) is 103 Å². The van der Waals surface area contributed by atoms with Gasteiger partial charge in [0.25, 0.3) is 0 Å². The minimum Gasteiger partial charge on any atom is -0.497 e. The summed E-state index contributed by atoms with van der Waals surface area (Å²) in [5.74, 6) is 2.35. The topological polar surface area (TPSA) is 53.5 Å². The molecule has 0 saturated carbocycles. The van der Waals surface area contributed by atoms with E-state index in [1.165, 1.54) is 12.1 Å². The highest BCUT2D eigenvalue weighted by molar-refractivity contribution is 5.92. The highest BCUT2D eigenvalue weighted by Gasteiger charge is 2.22. The quantitative estimate of drug-likeness (QED) is 0.273. The number of aromatic nitrogens is 2. The highest BCUT2D eigenvalue weighted by Crippen LogP contribution is 2.42. The maximum Gasteiger partial charge on any atom is 0.231 e. The van der Waals surface area contributed by atoms with Crippen LogP contribution >= 0.6 is 0 Å². The lowest BCUT2D eigenvalue weighted by Crippen LogP contribution is -2.01. The molecule has 0 N–H and O–H groups in total. The molecule has 0 aliphatic carbocycles. The van der Waals surface area contributed by atoms with Crippen LogP contribution in [0.3, 0.4) is 0 Å². The molecule has 0 atom stereocenters. The molecule has 0 unspecified atom stereocenters. The summed E-state index contributed by atoms with van der Waals surface area (Å²) in [5, 5.41) is 0. The first-order valence-corrected chi connectivity index (χ1v) is 11.5. The van der Waals surface area contributed by atoms with E-state index in [9.17, 15) is 4.39 Å². The molecule has 5 aromatic rings. The van der Waals surface area contributed by atoms with Gasteiger partial charge in [0, 0.05) is 22.3 Å². The molecule has 0 spiro atoms. The minimum absolute atomic E-state index is 0.187. The van der Waals surface area contributed by atoms with E-state index in [1.807, 2.05) is 72.8 Å². The third kappa shape index (κ3) is 4.03. The van der Waals surface area contributed by atoms with E-state index >= 15 is 0 Å². The van der Waals surface area contributed by atoms with Crippen molar-refractivity contribution in [3.8, 4) is 62.3 Å². The number of hydrogen-bond donors (Lipinski definition) is 0. The normalized spacial score (nSPS) is 11.9. The Morgan fingerprint density at radius 1 is 0.667 bits per heavy atom. The number of nitrogens with zero attached hydrogens (tertiary/aromatic N) is 2. The van der Waals surface area contributed by atoms with Gasteiger partial charge in [-0.25, -0.2) is 14.4 Å². The Morgan fingerprint density at radius 2 is 1.31 bits per heavy atom. The predicted molar refractivity (Wildman–Crippen MR) is 136 cm³/mol. The molecule has 1 aliphatic heterocycles. The first kappa shape index (κ1) is 21.8. The molecular weight excluding hydrogens is 455 g/mol. The molecule has 0 amide bonds. The van der Waals surface area contributed by atoms with Crippen LogP contribution in [0.15, 0.2) is 97.1 Å². The van der Waals surface area contributed by atoms with E-state index in [4.69, 9.17) is 24.2 Å². The lowest BCUT2D eigenvalue weighted by atomic mass is 9.94. The van der Waals surface area contributed by atoms with Gasteiger partial charge in [-0.3, -0.25) is 0 Å². The molecule has 176 valence electrons. The van der Waals surface area contributed by atoms with Crippen molar-refractivity contribution in [3.63, 3.8) is 0 Å². The number of benzene rings is 4. The summed E-state index contributed by atoms with van der Waals surface area (Å²) in [5.41, 5.74) is 5.72. The summed E-state index contributed by atoms with van der Waals surface area (Å²) in [7, 11) is 1.63. The second kappa shape index (κ2) is 9.15. The summed E-state index contributed by atoms with van der Waals surface area (Å²) in [6.45, 7) is 0.187. The summed E-state index contributed by atoms with van der Waals surface area (Å²) >= 11 is 0. The Labute approximate surface area is 207 Å². The number of halogens is 1. The molecule has 0 fully saturated rings. The molecule has 6 rings (SSSR count). The van der Waals surface area contributed by atoms with Gasteiger partial charge < -0.3 is 14.2 Å². The van der Waals surface area contributed by atoms with Crippen molar-refractivity contribution in [1.82, 2.24) is 9.97 Å². The molecule has 6 heteroatoms. The summed E-state index contributed by atoms with van der Waals surface area (Å²) in [6, 6.07) is 29.7. The standard InChI is InChI=1S/C30H21FN2O3/c1-34-24-14-9-21(10-15-24)30-32-28(20-7-12-23(31)13-8-20)27(19-5-3-2-4-6-19)29(33-30)22-11-16-25-26(17-22)36-18-35-25/h2-17H,18H2,1H3. The molecule has 0 radical (unpaired) electrons. The van der Waals surface area contributed by atoms with Crippen molar-refractivity contribution in [2.24, 2.45) is 0 Å². The molecule has 1 aromatic heterocycles. The lowest BCUT2D eigenvalue weighted by molar-refractivity contribution is 0.174. The van der Waals surface area contributed by atoms with Crippen LogP contribution in [-0.2, 0) is 0 Å². The van der Waals surface area contributed by atoms with Gasteiger partial charge in [-0.05, 0) is 72.3 Å². The van der Waals surface area contributed by atoms with Crippen LogP contribution in [-0.4, -0.2) is 23.9 Å². The van der Waals surface area contributed by atoms with Gasteiger partial charge in [-0.1, -0.05) is 30.3 Å². The van der Waals surface area contributed by atoms with Crippen LogP contribution < -0.4 is 14.2 Å². The summed E-state index contributed by atoms with van der Waals surface area (Å²) in [4.78, 5) is 10.1. The number of rotatable bonds is 5. The Balaban J connectivity index is 1.65. The maximum absolute atomic E-state index is 13.8. The van der Waals surface area contributed by atoms with Crippen molar-refractivity contribution in [2.75, 3.05) is 13.9 Å². The van der Waals surface area contributed by atoms with Crippen molar-refractivity contribution in [1.29, 1.82) is 0 Å². The summed E-state index contributed by atoms with van der Waals surface area (Å²) < 4.78 is 30.3. The van der Waals surface area contributed by atoms with E-state index < -0.39 is 0 Å². The molecule has 5 nitrogen and oxygen atoms in total. The second-order valence-corrected chi connectivity index (χ2v) is 8.29. The molecule has 36 heavy (non-hydrogen) atoms. The average Bonchev–Trinajstić information content (AvgIpc) is 3.41. The predicted octanol–water partition coefficient (Wildman–Crippen LogP) is 7.02. The van der Waals surface area contributed by atoms with Crippen molar-refractivity contribution in [2.45, 2.75) is 0 Å². The molecule has 0 bridgehead atoms. The Morgan fingerprint density at radius 3 is 2.03 bits per heavy atom. The smallest absolute Gasteiger partial charge is 0.231 e. The van der Waals surface area contributed by atoms with Crippen LogP contribution in [0, 0.1) is 5.82 Å². The third-order valence-corrected chi connectivity index (χ3v) is 6.08. The Kier molecular flexibility index (Phi) is 5.54. The van der Waals surface area contributed by atoms with E-state index in [1.54, 1.807) is 19.2 Å². The van der Waals surface area contributed by atoms with Crippen molar-refractivity contribution >= 4 is 0 Å². The molecule has 4 aromatic carbocycles. The number of methoxy groups -OCH3 is 1. The molecule has 1 aliphatic rings. The van der Waals surface area contributed by atoms with E-state index in [0.717, 1.165) is 39.3 Å². The monoisotopic (exact) mass is 476 g/mol. The van der Waals surface area contributed by atoms with Crippen LogP contribution in [0.1, 0.15) is 0 Å². The zero-order chi connectivity index (χ0) is 24.5. The van der Waals surface area contributed by atoms with E-state index in [-0.39, 0.29) is 12.6 Å². The fourth-order valence-corrected chi connectivity index (χ4v) is 4.28. The van der Waals surface area contributed by atoms with Crippen LogP contribution in [0.2, 0.25) is 0 Å². The van der Waals surface area contributed by atoms with Gasteiger partial charge in [0.05, 0.1) is 18.5 Å². The number of fused-ring (bicyclic) bond motifs is 1. The first-order valence-electron chi connectivity index (χ1n) is 11.5. The third-order valence-electron chi connectivity index (χ3n) is 6.08. The number of ether oxygens (including phenoxy) is 3. The van der Waals surface area contributed by atoms with Crippen LogP contribution in [0.5, 0.6) is 17.2 Å². The second-order valence-electron chi connectivity index (χ2n) is 8.29. The lowest BCUT2D eigenvalue weighted by Gasteiger charge is -2.17. The average molecular weight is 477 g/mol. The minimum atomic E-state index is -0.305. The largest absolute Gasteiger partial charge is 0.497 e. The highest BCUT2D eigenvalue weighted by atomic mass is 19.1. The Hall–Kier alpha value is -4.71. The Bertz CT molecular complexity index is 1540. The van der Waals surface area contributed by atoms with Gasteiger partial charge in [0.2, 0.25) is 6.79 Å². The first-order chi connectivity index (χ1) is 17.7. The van der Waals surface area contributed by atoms with Gasteiger partial charge in [-0.15, -0.1) is 0 Å². The number of hydrogen-bond acceptors (Lipinski definition) is 5. The van der Waals surface area contributed by atoms with E-state index in [2.05, 4.69) is 0 Å². The maximum atomic E-state index is 13.8. The zero-order valence-corrected chi connectivity index (χ0v) is 19.4. The molecule has 0 saturated heterocycles.